The Bertz CT molecular complexity index is 969. The van der Waals surface area contributed by atoms with Gasteiger partial charge in [0.25, 0.3) is 0 Å². The number of aromatic nitrogens is 2. The Morgan fingerprint density at radius 1 is 0.812 bits per heavy atom. The van der Waals surface area contributed by atoms with E-state index in [2.05, 4.69) is 136 Å². The zero-order valence-corrected chi connectivity index (χ0v) is 24.5. The largest absolute Gasteiger partial charge is 0.367 e. The summed E-state index contributed by atoms with van der Waals surface area (Å²) in [6, 6.07) is 12.0. The van der Waals surface area contributed by atoms with E-state index in [0.717, 1.165) is 6.16 Å². The van der Waals surface area contributed by atoms with Crippen molar-refractivity contribution >= 4 is 41.0 Å². The van der Waals surface area contributed by atoms with Crippen LogP contribution in [0.1, 0.15) is 52.7 Å². The predicted octanol–water partition coefficient (Wildman–Crippen LogP) is 6.68. The van der Waals surface area contributed by atoms with Crippen molar-refractivity contribution in [2.75, 3.05) is 0 Å². The average Bonchev–Trinajstić information content (AvgIpc) is 3.36. The van der Waals surface area contributed by atoms with Crippen molar-refractivity contribution in [1.29, 1.82) is 0 Å². The number of nitrogens with one attached hydrogen (secondary N) is 2. The molecule has 2 nitrogen and oxygen atoms in total. The number of hydrogen-bond acceptors (Lipinski definition) is 0. The minimum Gasteiger partial charge on any atom is -0.367 e. The average molecular weight is 485 g/mol. The van der Waals surface area contributed by atoms with Crippen LogP contribution in [0.25, 0.3) is 0 Å². The maximum absolute atomic E-state index is 3.32. The molecule has 0 aliphatic carbocycles. The second kappa shape index (κ2) is 8.90. The Balaban J connectivity index is 2.25. The Morgan fingerprint density at radius 2 is 1.31 bits per heavy atom. The highest BCUT2D eigenvalue weighted by Crippen LogP contribution is 2.59. The highest BCUT2D eigenvalue weighted by molar-refractivity contribution is 7.72. The summed E-state index contributed by atoms with van der Waals surface area (Å²) in [6.07, 6.45) is 9.54. The van der Waals surface area contributed by atoms with Gasteiger partial charge < -0.3 is 9.97 Å². The first-order valence-electron chi connectivity index (χ1n) is 11.6. The Labute approximate surface area is 200 Å². The van der Waals surface area contributed by atoms with Gasteiger partial charge in [-0.1, -0.05) is 84.6 Å². The molecule has 32 heavy (non-hydrogen) atoms. The fraction of sp³-hybridized carbons (Fsp3) is 0.481. The third kappa shape index (κ3) is 4.86. The SMILES string of the molecule is CC(C)(C)C(P)(c1ccc([Si](C)(C)C)cc1CP(c1cc[nH]c1)c1cc[nH]c1)C(C)(C)C. The molecule has 1 unspecified atom stereocenters. The highest BCUT2D eigenvalue weighted by Gasteiger charge is 2.49. The van der Waals surface area contributed by atoms with Gasteiger partial charge in [-0.25, -0.2) is 0 Å². The van der Waals surface area contributed by atoms with Crippen LogP contribution < -0.4 is 15.8 Å². The maximum atomic E-state index is 3.32. The Kier molecular flexibility index (Phi) is 7.09. The first-order valence-corrected chi connectivity index (χ1v) is 17.2. The van der Waals surface area contributed by atoms with Crippen LogP contribution in [0.2, 0.25) is 19.6 Å². The van der Waals surface area contributed by atoms with Gasteiger partial charge in [0.1, 0.15) is 0 Å². The van der Waals surface area contributed by atoms with Gasteiger partial charge in [-0.05, 0) is 52.6 Å². The topological polar surface area (TPSA) is 31.6 Å². The third-order valence-corrected chi connectivity index (χ3v) is 13.4. The van der Waals surface area contributed by atoms with Crippen molar-refractivity contribution in [3.05, 3.63) is 66.2 Å². The van der Waals surface area contributed by atoms with E-state index in [0.29, 0.717) is 0 Å². The van der Waals surface area contributed by atoms with Gasteiger partial charge in [0.2, 0.25) is 0 Å². The minimum atomic E-state index is -1.43. The van der Waals surface area contributed by atoms with Crippen molar-refractivity contribution in [3.63, 3.8) is 0 Å². The first-order chi connectivity index (χ1) is 14.7. The van der Waals surface area contributed by atoms with Crippen LogP contribution in [0.3, 0.4) is 0 Å². The lowest BCUT2D eigenvalue weighted by Crippen LogP contribution is -2.46. The normalized spacial score (nSPS) is 13.7. The zero-order chi connectivity index (χ0) is 23.9. The van der Waals surface area contributed by atoms with E-state index in [1.807, 2.05) is 0 Å². The number of aromatic amines is 2. The van der Waals surface area contributed by atoms with Crippen LogP contribution in [0.4, 0.5) is 0 Å². The highest BCUT2D eigenvalue weighted by atomic mass is 31.1. The van der Waals surface area contributed by atoms with Gasteiger partial charge in [-0.15, -0.1) is 9.24 Å². The van der Waals surface area contributed by atoms with Gasteiger partial charge in [0.05, 0.1) is 8.07 Å². The lowest BCUT2D eigenvalue weighted by molar-refractivity contribution is 0.139. The molecule has 2 aromatic heterocycles. The van der Waals surface area contributed by atoms with Crippen molar-refractivity contribution in [2.24, 2.45) is 10.8 Å². The first kappa shape index (κ1) is 25.5. The molecule has 3 rings (SSSR count). The lowest BCUT2D eigenvalue weighted by atomic mass is 9.62. The molecule has 0 radical (unpaired) electrons. The van der Waals surface area contributed by atoms with E-state index in [1.165, 1.54) is 21.7 Å². The van der Waals surface area contributed by atoms with Gasteiger partial charge in [-0.2, -0.15) is 0 Å². The Hall–Kier alpha value is -1.14. The van der Waals surface area contributed by atoms with E-state index in [-0.39, 0.29) is 16.0 Å². The van der Waals surface area contributed by atoms with Gasteiger partial charge in [0.15, 0.2) is 0 Å². The summed E-state index contributed by atoms with van der Waals surface area (Å²) in [7, 11) is 1.39. The van der Waals surface area contributed by atoms with Crippen LogP contribution in [-0.4, -0.2) is 18.0 Å². The molecule has 0 aliphatic rings. The summed E-state index contributed by atoms with van der Waals surface area (Å²) in [5.74, 6) is 0. The van der Waals surface area contributed by atoms with Crippen LogP contribution in [0.5, 0.6) is 0 Å². The summed E-state index contributed by atoms with van der Waals surface area (Å²) in [5.41, 5.74) is 3.19. The molecule has 0 fully saturated rings. The maximum Gasteiger partial charge on any atom is 0.0776 e. The number of hydrogen-bond donors (Lipinski definition) is 2. The summed E-state index contributed by atoms with van der Waals surface area (Å²) in [4.78, 5) is 6.59. The molecule has 1 aromatic carbocycles. The zero-order valence-electron chi connectivity index (χ0n) is 21.4. The molecule has 174 valence electrons. The molecule has 0 saturated carbocycles. The molecule has 0 spiro atoms. The molecule has 1 atom stereocenters. The fourth-order valence-electron chi connectivity index (χ4n) is 4.98. The molecule has 2 heterocycles. The molecular formula is C27H42N2P2Si. The summed E-state index contributed by atoms with van der Waals surface area (Å²) in [5, 5.41) is 4.31. The third-order valence-electron chi connectivity index (χ3n) is 6.88. The number of H-pyrrole nitrogens is 2. The second-order valence-corrected chi connectivity index (χ2v) is 20.3. The summed E-state index contributed by atoms with van der Waals surface area (Å²) < 4.78 is 0. The van der Waals surface area contributed by atoms with E-state index >= 15 is 0 Å². The van der Waals surface area contributed by atoms with Crippen LogP contribution in [-0.2, 0) is 11.3 Å². The molecule has 3 aromatic rings. The molecular weight excluding hydrogens is 442 g/mol. The monoisotopic (exact) mass is 484 g/mol. The molecule has 0 aliphatic heterocycles. The smallest absolute Gasteiger partial charge is 0.0776 e. The standard InChI is InChI=1S/C27H42N2P2Si/c1-25(2,3)27(30,26(4,5)6)24-11-10-23(32(7,8)9)16-20(24)19-31(21-12-14-28-17-21)22-13-15-29-18-22/h10-18,28-29H,19,30H2,1-9H3. The van der Waals surface area contributed by atoms with Gasteiger partial charge in [-0.3, -0.25) is 0 Å². The van der Waals surface area contributed by atoms with Crippen molar-refractivity contribution in [3.8, 4) is 0 Å². The molecule has 2 N–H and O–H groups in total. The number of rotatable bonds is 6. The quantitative estimate of drug-likeness (QED) is 0.289. The van der Waals surface area contributed by atoms with E-state index < -0.39 is 16.0 Å². The van der Waals surface area contributed by atoms with Gasteiger partial charge >= 0.3 is 0 Å². The van der Waals surface area contributed by atoms with Crippen LogP contribution in [0, 0.1) is 10.8 Å². The second-order valence-electron chi connectivity index (χ2n) is 12.2. The van der Waals surface area contributed by atoms with Crippen molar-refractivity contribution in [2.45, 2.75) is 72.5 Å². The number of benzene rings is 1. The lowest BCUT2D eigenvalue weighted by Gasteiger charge is -2.52. The van der Waals surface area contributed by atoms with E-state index in [4.69, 9.17) is 0 Å². The summed E-state index contributed by atoms with van der Waals surface area (Å²) in [6.45, 7) is 21.7. The fourth-order valence-corrected chi connectivity index (χ4v) is 8.68. The van der Waals surface area contributed by atoms with E-state index in [1.54, 1.807) is 5.19 Å². The molecule has 5 heteroatoms. The Morgan fingerprint density at radius 3 is 1.69 bits per heavy atom. The van der Waals surface area contributed by atoms with Crippen LogP contribution >= 0.6 is 17.2 Å². The van der Waals surface area contributed by atoms with Gasteiger partial charge in [0, 0.05) is 36.1 Å². The summed E-state index contributed by atoms with van der Waals surface area (Å²) >= 11 is 0. The molecule has 0 bridgehead atoms. The molecule has 0 amide bonds. The van der Waals surface area contributed by atoms with E-state index in [9.17, 15) is 0 Å². The van der Waals surface area contributed by atoms with Crippen molar-refractivity contribution < 1.29 is 0 Å². The van der Waals surface area contributed by atoms with Crippen molar-refractivity contribution in [1.82, 2.24) is 9.97 Å². The molecule has 0 saturated heterocycles. The minimum absolute atomic E-state index is 0.0510. The van der Waals surface area contributed by atoms with Crippen LogP contribution in [0.15, 0.2) is 55.1 Å². The predicted molar refractivity (Wildman–Crippen MR) is 151 cm³/mol.